The number of aromatic nitrogens is 4. The highest BCUT2D eigenvalue weighted by atomic mass is 32.2. The number of rotatable bonds is 8. The van der Waals surface area contributed by atoms with E-state index in [9.17, 15) is 4.79 Å². The standard InChI is InChI=1S/C17H17N5O2S/c23-16(18-11-12-24-15-9-5-2-6-10-15)13-25-17-19-20-21-22(17)14-7-3-1-4-8-14/h1-10H,11-13H2,(H,18,23). The van der Waals surface area contributed by atoms with Gasteiger partial charge in [-0.1, -0.05) is 48.2 Å². The zero-order chi connectivity index (χ0) is 17.3. The van der Waals surface area contributed by atoms with Gasteiger partial charge in [0.05, 0.1) is 18.0 Å². The average Bonchev–Trinajstić information content (AvgIpc) is 3.14. The summed E-state index contributed by atoms with van der Waals surface area (Å²) < 4.78 is 7.13. The third-order valence-corrected chi connectivity index (χ3v) is 4.13. The van der Waals surface area contributed by atoms with Gasteiger partial charge in [-0.15, -0.1) is 5.10 Å². The molecule has 1 N–H and O–H groups in total. The summed E-state index contributed by atoms with van der Waals surface area (Å²) in [7, 11) is 0. The monoisotopic (exact) mass is 355 g/mol. The number of ether oxygens (including phenoxy) is 1. The summed E-state index contributed by atoms with van der Waals surface area (Å²) in [4.78, 5) is 11.9. The molecular formula is C17H17N5O2S. The van der Waals surface area contributed by atoms with Crippen LogP contribution in [0.1, 0.15) is 0 Å². The fraction of sp³-hybridized carbons (Fsp3) is 0.176. The van der Waals surface area contributed by atoms with Crippen LogP contribution in [0.15, 0.2) is 65.8 Å². The molecule has 0 radical (unpaired) electrons. The molecule has 0 spiro atoms. The normalized spacial score (nSPS) is 10.4. The molecule has 0 aliphatic heterocycles. The van der Waals surface area contributed by atoms with Gasteiger partial charge >= 0.3 is 0 Å². The van der Waals surface area contributed by atoms with Gasteiger partial charge in [-0.2, -0.15) is 4.68 Å². The van der Waals surface area contributed by atoms with Gasteiger partial charge in [-0.3, -0.25) is 4.79 Å². The van der Waals surface area contributed by atoms with Crippen LogP contribution in [0, 0.1) is 0 Å². The topological polar surface area (TPSA) is 81.9 Å². The van der Waals surface area contributed by atoms with E-state index < -0.39 is 0 Å². The average molecular weight is 355 g/mol. The summed E-state index contributed by atoms with van der Waals surface area (Å²) in [6.07, 6.45) is 0. The number of carbonyl (C=O) groups excluding carboxylic acids is 1. The van der Waals surface area contributed by atoms with E-state index in [2.05, 4.69) is 20.8 Å². The van der Waals surface area contributed by atoms with Crippen LogP contribution in [-0.2, 0) is 4.79 Å². The van der Waals surface area contributed by atoms with E-state index in [1.54, 1.807) is 4.68 Å². The van der Waals surface area contributed by atoms with E-state index in [0.29, 0.717) is 18.3 Å². The number of benzene rings is 2. The number of carbonyl (C=O) groups is 1. The highest BCUT2D eigenvalue weighted by Gasteiger charge is 2.11. The van der Waals surface area contributed by atoms with Crippen molar-refractivity contribution in [3.63, 3.8) is 0 Å². The van der Waals surface area contributed by atoms with Crippen molar-refractivity contribution in [3.8, 4) is 11.4 Å². The SMILES string of the molecule is O=C(CSc1nnnn1-c1ccccc1)NCCOc1ccccc1. The number of para-hydroxylation sites is 2. The van der Waals surface area contributed by atoms with Crippen molar-refractivity contribution in [1.29, 1.82) is 0 Å². The van der Waals surface area contributed by atoms with Crippen LogP contribution < -0.4 is 10.1 Å². The molecule has 1 heterocycles. The number of amides is 1. The number of thioether (sulfide) groups is 1. The Morgan fingerprint density at radius 1 is 1.08 bits per heavy atom. The predicted octanol–water partition coefficient (Wildman–Crippen LogP) is 1.95. The Labute approximate surface area is 149 Å². The van der Waals surface area contributed by atoms with Crippen molar-refractivity contribution in [3.05, 3.63) is 60.7 Å². The predicted molar refractivity (Wildman–Crippen MR) is 94.8 cm³/mol. The Kier molecular flexibility index (Phi) is 6.00. The van der Waals surface area contributed by atoms with Gasteiger partial charge in [0.15, 0.2) is 0 Å². The summed E-state index contributed by atoms with van der Waals surface area (Å²) in [5.41, 5.74) is 0.853. The van der Waals surface area contributed by atoms with Gasteiger partial charge < -0.3 is 10.1 Å². The second kappa shape index (κ2) is 8.84. The van der Waals surface area contributed by atoms with Gasteiger partial charge in [-0.05, 0) is 34.7 Å². The lowest BCUT2D eigenvalue weighted by molar-refractivity contribution is -0.118. The lowest BCUT2D eigenvalue weighted by Crippen LogP contribution is -2.29. The van der Waals surface area contributed by atoms with Crippen LogP contribution >= 0.6 is 11.8 Å². The summed E-state index contributed by atoms with van der Waals surface area (Å²) in [6.45, 7) is 0.861. The highest BCUT2D eigenvalue weighted by Crippen LogP contribution is 2.17. The van der Waals surface area contributed by atoms with Crippen LogP contribution in [0.3, 0.4) is 0 Å². The van der Waals surface area contributed by atoms with Crippen LogP contribution in [0.25, 0.3) is 5.69 Å². The fourth-order valence-electron chi connectivity index (χ4n) is 2.06. The number of nitrogens with zero attached hydrogens (tertiary/aromatic N) is 4. The maximum Gasteiger partial charge on any atom is 0.230 e. The molecule has 2 aromatic carbocycles. The zero-order valence-corrected chi connectivity index (χ0v) is 14.2. The Bertz CT molecular complexity index is 795. The molecule has 0 unspecified atom stereocenters. The third kappa shape index (κ3) is 5.05. The largest absolute Gasteiger partial charge is 0.492 e. The van der Waals surface area contributed by atoms with E-state index in [-0.39, 0.29) is 11.7 Å². The van der Waals surface area contributed by atoms with Gasteiger partial charge in [0.2, 0.25) is 11.1 Å². The van der Waals surface area contributed by atoms with Crippen molar-refractivity contribution in [1.82, 2.24) is 25.5 Å². The van der Waals surface area contributed by atoms with Crippen LogP contribution in [0.4, 0.5) is 0 Å². The molecule has 0 aliphatic carbocycles. The van der Waals surface area contributed by atoms with Gasteiger partial charge in [0.1, 0.15) is 12.4 Å². The minimum atomic E-state index is -0.0933. The van der Waals surface area contributed by atoms with Gasteiger partial charge in [0.25, 0.3) is 0 Å². The van der Waals surface area contributed by atoms with Crippen LogP contribution in [0.5, 0.6) is 5.75 Å². The molecule has 0 saturated carbocycles. The molecule has 8 heteroatoms. The maximum atomic E-state index is 11.9. The maximum absolute atomic E-state index is 11.9. The fourth-order valence-corrected chi connectivity index (χ4v) is 2.78. The Morgan fingerprint density at radius 3 is 2.56 bits per heavy atom. The summed E-state index contributed by atoms with van der Waals surface area (Å²) in [6, 6.07) is 19.0. The lowest BCUT2D eigenvalue weighted by atomic mass is 10.3. The molecule has 0 bridgehead atoms. The summed E-state index contributed by atoms with van der Waals surface area (Å²) in [5, 5.41) is 15.0. The van der Waals surface area contributed by atoms with Crippen molar-refractivity contribution in [2.24, 2.45) is 0 Å². The Hall–Kier alpha value is -2.87. The molecule has 0 atom stereocenters. The first-order valence-electron chi connectivity index (χ1n) is 7.74. The first-order chi connectivity index (χ1) is 12.3. The van der Waals surface area contributed by atoms with E-state index in [0.717, 1.165) is 11.4 Å². The van der Waals surface area contributed by atoms with Crippen LogP contribution in [-0.4, -0.2) is 45.0 Å². The second-order valence-corrected chi connectivity index (χ2v) is 5.95. The van der Waals surface area contributed by atoms with Crippen molar-refractivity contribution >= 4 is 17.7 Å². The molecule has 7 nitrogen and oxygen atoms in total. The molecule has 1 amide bonds. The molecule has 0 aliphatic rings. The molecular weight excluding hydrogens is 338 g/mol. The summed E-state index contributed by atoms with van der Waals surface area (Å²) >= 11 is 1.29. The second-order valence-electron chi connectivity index (χ2n) is 5.01. The van der Waals surface area contributed by atoms with E-state index >= 15 is 0 Å². The number of hydrogen-bond acceptors (Lipinski definition) is 6. The zero-order valence-electron chi connectivity index (χ0n) is 13.4. The Balaban J connectivity index is 1.42. The van der Waals surface area contributed by atoms with Crippen molar-refractivity contribution < 1.29 is 9.53 Å². The highest BCUT2D eigenvalue weighted by molar-refractivity contribution is 7.99. The van der Waals surface area contributed by atoms with Gasteiger partial charge in [-0.25, -0.2) is 0 Å². The molecule has 0 saturated heterocycles. The number of hydrogen-bond donors (Lipinski definition) is 1. The van der Waals surface area contributed by atoms with Crippen molar-refractivity contribution in [2.45, 2.75) is 5.16 Å². The molecule has 1 aromatic heterocycles. The quantitative estimate of drug-likeness (QED) is 0.491. The lowest BCUT2D eigenvalue weighted by Gasteiger charge is -2.07. The molecule has 3 rings (SSSR count). The smallest absolute Gasteiger partial charge is 0.230 e. The van der Waals surface area contributed by atoms with Gasteiger partial charge in [0, 0.05) is 0 Å². The minimum absolute atomic E-state index is 0.0933. The molecule has 3 aromatic rings. The summed E-state index contributed by atoms with van der Waals surface area (Å²) in [5.74, 6) is 0.927. The van der Waals surface area contributed by atoms with Crippen molar-refractivity contribution in [2.75, 3.05) is 18.9 Å². The number of tetrazole rings is 1. The van der Waals surface area contributed by atoms with E-state index in [1.807, 2.05) is 60.7 Å². The third-order valence-electron chi connectivity index (χ3n) is 3.21. The number of nitrogens with one attached hydrogen (secondary N) is 1. The molecule has 128 valence electrons. The van der Waals surface area contributed by atoms with E-state index in [4.69, 9.17) is 4.74 Å². The Morgan fingerprint density at radius 2 is 1.80 bits per heavy atom. The van der Waals surface area contributed by atoms with E-state index in [1.165, 1.54) is 11.8 Å². The first kappa shape index (κ1) is 17.0. The first-order valence-corrected chi connectivity index (χ1v) is 8.72. The molecule has 25 heavy (non-hydrogen) atoms. The minimum Gasteiger partial charge on any atom is -0.492 e. The van der Waals surface area contributed by atoms with Crippen LogP contribution in [0.2, 0.25) is 0 Å². The molecule has 0 fully saturated rings.